The van der Waals surface area contributed by atoms with Crippen molar-refractivity contribution in [1.82, 2.24) is 14.9 Å². The lowest BCUT2D eigenvalue weighted by molar-refractivity contribution is -0.137. The van der Waals surface area contributed by atoms with Crippen LogP contribution in [0.5, 0.6) is 0 Å². The average Bonchev–Trinajstić information content (AvgIpc) is 2.74. The SMILES string of the molecule is FC(F)(F)c1ccc(Br)c(-n2cncc2C2CNC2)c1. The molecule has 1 aliphatic heterocycles. The van der Waals surface area contributed by atoms with Gasteiger partial charge in [-0.2, -0.15) is 13.2 Å². The molecule has 1 saturated heterocycles. The molecule has 20 heavy (non-hydrogen) atoms. The lowest BCUT2D eigenvalue weighted by atomic mass is 9.99. The van der Waals surface area contributed by atoms with Crippen molar-refractivity contribution in [1.29, 1.82) is 0 Å². The summed E-state index contributed by atoms with van der Waals surface area (Å²) < 4.78 is 40.8. The van der Waals surface area contributed by atoms with Crippen LogP contribution in [0.3, 0.4) is 0 Å². The monoisotopic (exact) mass is 345 g/mol. The Morgan fingerprint density at radius 3 is 2.65 bits per heavy atom. The number of imidazole rings is 1. The van der Waals surface area contributed by atoms with Crippen molar-refractivity contribution in [2.45, 2.75) is 12.1 Å². The highest BCUT2D eigenvalue weighted by atomic mass is 79.9. The minimum absolute atomic E-state index is 0.291. The van der Waals surface area contributed by atoms with Crippen LogP contribution in [0.15, 0.2) is 35.2 Å². The van der Waals surface area contributed by atoms with E-state index in [-0.39, 0.29) is 0 Å². The molecular formula is C13H11BrF3N3. The predicted octanol–water partition coefficient (Wildman–Crippen LogP) is 3.34. The summed E-state index contributed by atoms with van der Waals surface area (Å²) in [5, 5.41) is 3.15. The van der Waals surface area contributed by atoms with Crippen molar-refractivity contribution in [3.8, 4) is 5.69 Å². The first-order valence-electron chi connectivity index (χ1n) is 6.07. The highest BCUT2D eigenvalue weighted by Crippen LogP contribution is 2.34. The number of aromatic nitrogens is 2. The van der Waals surface area contributed by atoms with Crippen LogP contribution in [0.2, 0.25) is 0 Å². The Hall–Kier alpha value is -1.34. The fourth-order valence-electron chi connectivity index (χ4n) is 2.18. The summed E-state index contributed by atoms with van der Waals surface area (Å²) >= 11 is 3.31. The zero-order valence-corrected chi connectivity index (χ0v) is 11.9. The first-order valence-corrected chi connectivity index (χ1v) is 6.86. The molecule has 3 nitrogen and oxygen atoms in total. The van der Waals surface area contributed by atoms with E-state index in [1.54, 1.807) is 17.1 Å². The van der Waals surface area contributed by atoms with E-state index in [0.717, 1.165) is 30.9 Å². The summed E-state index contributed by atoms with van der Waals surface area (Å²) in [4.78, 5) is 4.07. The summed E-state index contributed by atoms with van der Waals surface area (Å²) in [6.07, 6.45) is -1.10. The second kappa shape index (κ2) is 4.89. The Bertz CT molecular complexity index is 632. The number of nitrogens with one attached hydrogen (secondary N) is 1. The number of halogens is 4. The number of rotatable bonds is 2. The highest BCUT2D eigenvalue weighted by Gasteiger charge is 2.31. The Morgan fingerprint density at radius 1 is 1.30 bits per heavy atom. The normalized spacial score (nSPS) is 16.2. The third-order valence-corrected chi connectivity index (χ3v) is 4.07. The molecule has 2 heterocycles. The van der Waals surface area contributed by atoms with E-state index >= 15 is 0 Å². The molecule has 106 valence electrons. The van der Waals surface area contributed by atoms with Gasteiger partial charge in [-0.3, -0.25) is 0 Å². The van der Waals surface area contributed by atoms with Gasteiger partial charge in [0.25, 0.3) is 0 Å². The standard InChI is InChI=1S/C13H11BrF3N3/c14-10-2-1-9(13(15,16)17)3-11(10)20-7-19-6-12(20)8-4-18-5-8/h1-3,6-8,18H,4-5H2. The Balaban J connectivity index is 2.07. The van der Waals surface area contributed by atoms with Crippen LogP contribution < -0.4 is 5.32 Å². The molecule has 1 aromatic carbocycles. The first-order chi connectivity index (χ1) is 9.47. The minimum atomic E-state index is -4.35. The predicted molar refractivity (Wildman–Crippen MR) is 71.9 cm³/mol. The number of hydrogen-bond acceptors (Lipinski definition) is 2. The van der Waals surface area contributed by atoms with E-state index in [1.165, 1.54) is 6.07 Å². The van der Waals surface area contributed by atoms with Crippen molar-refractivity contribution in [2.75, 3.05) is 13.1 Å². The quantitative estimate of drug-likeness (QED) is 0.904. The first kappa shape index (κ1) is 13.6. The molecule has 0 saturated carbocycles. The molecule has 7 heteroatoms. The molecule has 0 unspecified atom stereocenters. The second-order valence-electron chi connectivity index (χ2n) is 4.71. The van der Waals surface area contributed by atoms with Gasteiger partial charge in [0, 0.05) is 35.4 Å². The van der Waals surface area contributed by atoms with E-state index in [0.29, 0.717) is 16.1 Å². The van der Waals surface area contributed by atoms with E-state index in [4.69, 9.17) is 0 Å². The zero-order valence-electron chi connectivity index (χ0n) is 10.3. The Kier molecular flexibility index (Phi) is 3.33. The average molecular weight is 346 g/mol. The molecule has 0 spiro atoms. The fraction of sp³-hybridized carbons (Fsp3) is 0.308. The minimum Gasteiger partial charge on any atom is -0.315 e. The van der Waals surface area contributed by atoms with Gasteiger partial charge in [0.05, 0.1) is 17.6 Å². The molecule has 1 N–H and O–H groups in total. The van der Waals surface area contributed by atoms with Crippen molar-refractivity contribution < 1.29 is 13.2 Å². The van der Waals surface area contributed by atoms with Gasteiger partial charge in [0.15, 0.2) is 0 Å². The fourth-order valence-corrected chi connectivity index (χ4v) is 2.62. The lowest BCUT2D eigenvalue weighted by Crippen LogP contribution is -2.40. The third kappa shape index (κ3) is 2.35. The second-order valence-corrected chi connectivity index (χ2v) is 5.56. The van der Waals surface area contributed by atoms with E-state index < -0.39 is 11.7 Å². The summed E-state index contributed by atoms with van der Waals surface area (Å²) in [7, 11) is 0. The molecule has 0 aliphatic carbocycles. The Labute approximate surface area is 121 Å². The van der Waals surface area contributed by atoms with Gasteiger partial charge in [-0.25, -0.2) is 4.98 Å². The Morgan fingerprint density at radius 2 is 2.05 bits per heavy atom. The van der Waals surface area contributed by atoms with Gasteiger partial charge in [0.2, 0.25) is 0 Å². The summed E-state index contributed by atoms with van der Waals surface area (Å²) in [6.45, 7) is 1.64. The van der Waals surface area contributed by atoms with Crippen LogP contribution in [0.1, 0.15) is 17.2 Å². The number of nitrogens with zero attached hydrogens (tertiary/aromatic N) is 2. The molecule has 0 atom stereocenters. The van der Waals surface area contributed by atoms with Crippen LogP contribution in [0.25, 0.3) is 5.69 Å². The van der Waals surface area contributed by atoms with Gasteiger partial charge in [0.1, 0.15) is 0 Å². The molecule has 1 aliphatic rings. The molecule has 3 rings (SSSR count). The molecule has 0 amide bonds. The van der Waals surface area contributed by atoms with E-state index in [9.17, 15) is 13.2 Å². The number of benzene rings is 1. The smallest absolute Gasteiger partial charge is 0.315 e. The van der Waals surface area contributed by atoms with Gasteiger partial charge in [-0.1, -0.05) is 0 Å². The topological polar surface area (TPSA) is 29.9 Å². The zero-order chi connectivity index (χ0) is 14.3. The maximum atomic E-state index is 12.8. The van der Waals surface area contributed by atoms with E-state index in [1.807, 2.05) is 0 Å². The van der Waals surface area contributed by atoms with E-state index in [2.05, 4.69) is 26.2 Å². The molecular weight excluding hydrogens is 335 g/mol. The van der Waals surface area contributed by atoms with Crippen LogP contribution in [0.4, 0.5) is 13.2 Å². The maximum Gasteiger partial charge on any atom is 0.416 e. The lowest BCUT2D eigenvalue weighted by Gasteiger charge is -2.28. The summed E-state index contributed by atoms with van der Waals surface area (Å²) in [5.41, 5.74) is 0.713. The van der Waals surface area contributed by atoms with Crippen LogP contribution in [-0.4, -0.2) is 22.6 Å². The third-order valence-electron chi connectivity index (χ3n) is 3.40. The van der Waals surface area contributed by atoms with Gasteiger partial charge >= 0.3 is 6.18 Å². The number of hydrogen-bond donors (Lipinski definition) is 1. The van der Waals surface area contributed by atoms with Crippen LogP contribution in [-0.2, 0) is 6.18 Å². The largest absolute Gasteiger partial charge is 0.416 e. The van der Waals surface area contributed by atoms with Gasteiger partial charge in [-0.05, 0) is 34.1 Å². The molecule has 0 radical (unpaired) electrons. The highest BCUT2D eigenvalue weighted by molar-refractivity contribution is 9.10. The van der Waals surface area contributed by atoms with Crippen molar-refractivity contribution in [3.05, 3.63) is 46.5 Å². The molecule has 2 aromatic rings. The van der Waals surface area contributed by atoms with Gasteiger partial charge < -0.3 is 9.88 Å². The van der Waals surface area contributed by atoms with Crippen molar-refractivity contribution >= 4 is 15.9 Å². The van der Waals surface area contributed by atoms with Crippen LogP contribution >= 0.6 is 15.9 Å². The summed E-state index contributed by atoms with van der Waals surface area (Å²) in [5.74, 6) is 0.291. The molecule has 1 fully saturated rings. The summed E-state index contributed by atoms with van der Waals surface area (Å²) in [6, 6.07) is 3.62. The molecule has 0 bridgehead atoms. The number of alkyl halides is 3. The van der Waals surface area contributed by atoms with Crippen LogP contribution in [0, 0.1) is 0 Å². The molecule has 1 aromatic heterocycles. The van der Waals surface area contributed by atoms with Crippen molar-refractivity contribution in [2.24, 2.45) is 0 Å². The van der Waals surface area contributed by atoms with Crippen molar-refractivity contribution in [3.63, 3.8) is 0 Å². The van der Waals surface area contributed by atoms with Gasteiger partial charge in [-0.15, -0.1) is 0 Å². The maximum absolute atomic E-state index is 12.8.